The molecule has 1 heterocycles. The molecule has 1 amide bonds. The van der Waals surface area contributed by atoms with Crippen LogP contribution < -0.4 is 10.2 Å². The van der Waals surface area contributed by atoms with Crippen LogP contribution in [0.1, 0.15) is 41.3 Å². The third kappa shape index (κ3) is 3.62. The first kappa shape index (κ1) is 19.2. The standard InChI is InChI=1S/C23H27N5O/c1-5-28-22(27(3)4)24-20(26-28)17-10-8-11-18(15-17)21(29)25-23(13-14-23)19-12-7-6-9-16(19)2/h6-12,15H,5,13-14H2,1-4H3,(H,25,29). The zero-order chi connectivity index (χ0) is 20.6. The highest BCUT2D eigenvalue weighted by atomic mass is 16.1. The van der Waals surface area contributed by atoms with Crippen molar-refractivity contribution < 1.29 is 4.79 Å². The number of aryl methyl sites for hydroxylation is 2. The Kier molecular flexibility index (Phi) is 4.86. The Morgan fingerprint density at radius 1 is 1.17 bits per heavy atom. The molecule has 0 atom stereocenters. The Balaban J connectivity index is 1.60. The van der Waals surface area contributed by atoms with Gasteiger partial charge in [-0.1, -0.05) is 36.4 Å². The molecule has 0 spiro atoms. The second-order valence-corrected chi connectivity index (χ2v) is 7.88. The first-order chi connectivity index (χ1) is 13.9. The van der Waals surface area contributed by atoms with E-state index in [0.717, 1.165) is 30.9 Å². The lowest BCUT2D eigenvalue weighted by molar-refractivity contribution is 0.0930. The van der Waals surface area contributed by atoms with Crippen molar-refractivity contribution in [3.05, 3.63) is 65.2 Å². The SMILES string of the molecule is CCn1nc(-c2cccc(C(=O)NC3(c4ccccc4C)CC3)c2)nc1N(C)C. The highest BCUT2D eigenvalue weighted by molar-refractivity contribution is 5.96. The van der Waals surface area contributed by atoms with Gasteiger partial charge in [0.1, 0.15) is 0 Å². The molecule has 0 aliphatic heterocycles. The van der Waals surface area contributed by atoms with Gasteiger partial charge in [-0.25, -0.2) is 4.68 Å². The van der Waals surface area contributed by atoms with Gasteiger partial charge in [0.25, 0.3) is 5.91 Å². The lowest BCUT2D eigenvalue weighted by Crippen LogP contribution is -2.35. The third-order valence-corrected chi connectivity index (χ3v) is 5.50. The molecule has 6 nitrogen and oxygen atoms in total. The van der Waals surface area contributed by atoms with E-state index in [1.807, 2.05) is 67.0 Å². The van der Waals surface area contributed by atoms with Crippen molar-refractivity contribution in [2.24, 2.45) is 0 Å². The minimum absolute atomic E-state index is 0.0599. The molecule has 0 bridgehead atoms. The monoisotopic (exact) mass is 389 g/mol. The van der Waals surface area contributed by atoms with Crippen molar-refractivity contribution in [2.45, 2.75) is 38.8 Å². The Hall–Kier alpha value is -3.15. The van der Waals surface area contributed by atoms with Gasteiger partial charge in [0.2, 0.25) is 5.95 Å². The summed E-state index contributed by atoms with van der Waals surface area (Å²) in [6.45, 7) is 4.87. The molecule has 1 aromatic heterocycles. The fourth-order valence-electron chi connectivity index (χ4n) is 3.78. The lowest BCUT2D eigenvalue weighted by Gasteiger charge is -2.20. The minimum atomic E-state index is -0.238. The van der Waals surface area contributed by atoms with E-state index >= 15 is 0 Å². The molecule has 1 aliphatic rings. The molecule has 1 N–H and O–H groups in total. The molecule has 3 aromatic rings. The summed E-state index contributed by atoms with van der Waals surface area (Å²) in [6, 6.07) is 15.8. The Morgan fingerprint density at radius 2 is 1.93 bits per heavy atom. The Morgan fingerprint density at radius 3 is 2.55 bits per heavy atom. The molecule has 2 aromatic carbocycles. The molecular weight excluding hydrogens is 362 g/mol. The van der Waals surface area contributed by atoms with Crippen molar-refractivity contribution in [1.82, 2.24) is 20.1 Å². The van der Waals surface area contributed by atoms with E-state index in [4.69, 9.17) is 0 Å². The maximum atomic E-state index is 13.0. The van der Waals surface area contributed by atoms with Gasteiger partial charge in [-0.05, 0) is 49.9 Å². The summed E-state index contributed by atoms with van der Waals surface area (Å²) in [4.78, 5) is 19.6. The van der Waals surface area contributed by atoms with Gasteiger partial charge in [0, 0.05) is 31.8 Å². The van der Waals surface area contributed by atoms with Crippen LogP contribution >= 0.6 is 0 Å². The van der Waals surface area contributed by atoms with E-state index in [0.29, 0.717) is 11.4 Å². The maximum absolute atomic E-state index is 13.0. The topological polar surface area (TPSA) is 63.1 Å². The van der Waals surface area contributed by atoms with E-state index in [1.165, 1.54) is 11.1 Å². The van der Waals surface area contributed by atoms with Gasteiger partial charge in [-0.3, -0.25) is 4.79 Å². The summed E-state index contributed by atoms with van der Waals surface area (Å²) in [6.07, 6.45) is 1.94. The molecule has 4 rings (SSSR count). The molecule has 29 heavy (non-hydrogen) atoms. The molecule has 0 radical (unpaired) electrons. The Labute approximate surface area is 171 Å². The zero-order valence-electron chi connectivity index (χ0n) is 17.4. The number of aromatic nitrogens is 3. The van der Waals surface area contributed by atoms with Crippen LogP contribution in [-0.2, 0) is 12.1 Å². The van der Waals surface area contributed by atoms with Crippen molar-refractivity contribution in [3.63, 3.8) is 0 Å². The van der Waals surface area contributed by atoms with Crippen LogP contribution in [0.3, 0.4) is 0 Å². The predicted molar refractivity (Wildman–Crippen MR) is 115 cm³/mol. The number of anilines is 1. The fourth-order valence-corrected chi connectivity index (χ4v) is 3.78. The quantitative estimate of drug-likeness (QED) is 0.697. The van der Waals surface area contributed by atoms with Gasteiger partial charge in [0.15, 0.2) is 5.82 Å². The molecule has 0 unspecified atom stereocenters. The highest BCUT2D eigenvalue weighted by Crippen LogP contribution is 2.46. The summed E-state index contributed by atoms with van der Waals surface area (Å²) in [5.74, 6) is 1.37. The smallest absolute Gasteiger partial charge is 0.251 e. The van der Waals surface area contributed by atoms with Crippen molar-refractivity contribution >= 4 is 11.9 Å². The number of hydrogen-bond donors (Lipinski definition) is 1. The minimum Gasteiger partial charge on any atom is -0.347 e. The highest BCUT2D eigenvalue weighted by Gasteiger charge is 2.46. The normalized spacial score (nSPS) is 14.5. The molecule has 0 saturated heterocycles. The van der Waals surface area contributed by atoms with Crippen LogP contribution in [0.5, 0.6) is 0 Å². The van der Waals surface area contributed by atoms with E-state index in [9.17, 15) is 4.79 Å². The number of amides is 1. The number of carbonyl (C=O) groups is 1. The maximum Gasteiger partial charge on any atom is 0.251 e. The molecule has 1 fully saturated rings. The molecule has 6 heteroatoms. The molecular formula is C23H27N5O. The summed E-state index contributed by atoms with van der Waals surface area (Å²) >= 11 is 0. The fraction of sp³-hybridized carbons (Fsp3) is 0.348. The number of carbonyl (C=O) groups excluding carboxylic acids is 1. The van der Waals surface area contributed by atoms with Gasteiger partial charge >= 0.3 is 0 Å². The summed E-state index contributed by atoms with van der Waals surface area (Å²) in [7, 11) is 3.90. The third-order valence-electron chi connectivity index (χ3n) is 5.50. The van der Waals surface area contributed by atoms with Crippen molar-refractivity contribution in [1.29, 1.82) is 0 Å². The van der Waals surface area contributed by atoms with E-state index in [1.54, 1.807) is 0 Å². The molecule has 1 aliphatic carbocycles. The van der Waals surface area contributed by atoms with Gasteiger partial charge in [-0.2, -0.15) is 4.98 Å². The van der Waals surface area contributed by atoms with Crippen LogP contribution in [-0.4, -0.2) is 34.8 Å². The molecule has 150 valence electrons. The number of hydrogen-bond acceptors (Lipinski definition) is 4. The Bertz CT molecular complexity index is 1050. The second-order valence-electron chi connectivity index (χ2n) is 7.88. The van der Waals surface area contributed by atoms with Gasteiger partial charge < -0.3 is 10.2 Å². The van der Waals surface area contributed by atoms with Crippen LogP contribution in [0.4, 0.5) is 5.95 Å². The second kappa shape index (κ2) is 7.35. The lowest BCUT2D eigenvalue weighted by atomic mass is 9.98. The van der Waals surface area contributed by atoms with Crippen LogP contribution in [0.2, 0.25) is 0 Å². The summed E-state index contributed by atoms with van der Waals surface area (Å²) in [5.41, 5.74) is 3.65. The predicted octanol–water partition coefficient (Wildman–Crippen LogP) is 3.76. The first-order valence-electron chi connectivity index (χ1n) is 10.0. The van der Waals surface area contributed by atoms with Crippen molar-refractivity contribution in [2.75, 3.05) is 19.0 Å². The van der Waals surface area contributed by atoms with Crippen LogP contribution in [0, 0.1) is 6.92 Å². The summed E-state index contributed by atoms with van der Waals surface area (Å²) in [5, 5.41) is 7.87. The van der Waals surface area contributed by atoms with Crippen molar-refractivity contribution in [3.8, 4) is 11.4 Å². The summed E-state index contributed by atoms with van der Waals surface area (Å²) < 4.78 is 1.86. The van der Waals surface area contributed by atoms with E-state index < -0.39 is 0 Å². The van der Waals surface area contributed by atoms with Gasteiger partial charge in [-0.15, -0.1) is 5.10 Å². The molecule has 1 saturated carbocycles. The van der Waals surface area contributed by atoms with Crippen LogP contribution in [0.25, 0.3) is 11.4 Å². The van der Waals surface area contributed by atoms with E-state index in [2.05, 4.69) is 34.5 Å². The van der Waals surface area contributed by atoms with Gasteiger partial charge in [0.05, 0.1) is 5.54 Å². The van der Waals surface area contributed by atoms with E-state index in [-0.39, 0.29) is 11.4 Å². The number of nitrogens with one attached hydrogen (secondary N) is 1. The average Bonchev–Trinajstić information content (AvgIpc) is 3.35. The number of rotatable bonds is 6. The first-order valence-corrected chi connectivity index (χ1v) is 10.0. The number of nitrogens with zero attached hydrogens (tertiary/aromatic N) is 4. The number of benzene rings is 2. The largest absolute Gasteiger partial charge is 0.347 e. The van der Waals surface area contributed by atoms with Crippen LogP contribution in [0.15, 0.2) is 48.5 Å². The zero-order valence-corrected chi connectivity index (χ0v) is 17.4. The average molecular weight is 390 g/mol.